The van der Waals surface area contributed by atoms with Crippen molar-refractivity contribution >= 4 is 11.9 Å². The summed E-state index contributed by atoms with van der Waals surface area (Å²) in [4.78, 5) is 22.7. The highest BCUT2D eigenvalue weighted by atomic mass is 16.3. The van der Waals surface area contributed by atoms with Crippen molar-refractivity contribution in [3.05, 3.63) is 0 Å². The summed E-state index contributed by atoms with van der Waals surface area (Å²) in [6.45, 7) is 6.46. The topological polar surface area (TPSA) is 104 Å². The van der Waals surface area contributed by atoms with Crippen LogP contribution >= 0.6 is 0 Å². The number of carbonyl (C=O) groups is 2. The average Bonchev–Trinajstić information content (AvgIpc) is 2.24. The van der Waals surface area contributed by atoms with Gasteiger partial charge in [0, 0.05) is 13.2 Å². The third-order valence-electron chi connectivity index (χ3n) is 2.59. The van der Waals surface area contributed by atoms with E-state index in [1.807, 2.05) is 20.8 Å². The molecule has 0 rings (SSSR count). The lowest BCUT2D eigenvalue weighted by Gasteiger charge is -2.20. The highest BCUT2D eigenvalue weighted by molar-refractivity contribution is 5.86. The lowest BCUT2D eigenvalue weighted by molar-refractivity contribution is -0.123. The van der Waals surface area contributed by atoms with Crippen LogP contribution in [0.25, 0.3) is 0 Å². The second-order valence-electron chi connectivity index (χ2n) is 5.05. The van der Waals surface area contributed by atoms with Gasteiger partial charge < -0.3 is 21.5 Å². The zero-order chi connectivity index (χ0) is 14.1. The molecule has 106 valence electrons. The number of hydrogen-bond acceptors (Lipinski definition) is 3. The molecule has 0 aromatic rings. The molecule has 6 nitrogen and oxygen atoms in total. The van der Waals surface area contributed by atoms with Gasteiger partial charge in [0.15, 0.2) is 0 Å². The van der Waals surface area contributed by atoms with Crippen LogP contribution in [0.5, 0.6) is 0 Å². The highest BCUT2D eigenvalue weighted by Gasteiger charge is 2.20. The van der Waals surface area contributed by atoms with Crippen molar-refractivity contribution in [2.24, 2.45) is 17.6 Å². The molecule has 0 fully saturated rings. The van der Waals surface area contributed by atoms with Crippen LogP contribution in [-0.4, -0.2) is 36.2 Å². The molecule has 5 N–H and O–H groups in total. The molecule has 0 bridgehead atoms. The second-order valence-corrected chi connectivity index (χ2v) is 5.05. The molecule has 2 unspecified atom stereocenters. The van der Waals surface area contributed by atoms with Crippen molar-refractivity contribution < 1.29 is 14.7 Å². The SMILES string of the molecule is CC(C)CC(NC(N)=O)C(=O)NCC(C)CCO. The maximum Gasteiger partial charge on any atom is 0.312 e. The second kappa shape index (κ2) is 8.74. The smallest absolute Gasteiger partial charge is 0.312 e. The number of hydrogen-bond donors (Lipinski definition) is 4. The van der Waals surface area contributed by atoms with Gasteiger partial charge in [0.05, 0.1) is 0 Å². The van der Waals surface area contributed by atoms with Crippen molar-refractivity contribution in [3.63, 3.8) is 0 Å². The average molecular weight is 259 g/mol. The molecule has 3 amide bonds. The molecular weight excluding hydrogens is 234 g/mol. The van der Waals surface area contributed by atoms with E-state index in [0.29, 0.717) is 19.4 Å². The largest absolute Gasteiger partial charge is 0.396 e. The predicted molar refractivity (Wildman–Crippen MR) is 69.8 cm³/mol. The van der Waals surface area contributed by atoms with E-state index in [0.717, 1.165) is 0 Å². The summed E-state index contributed by atoms with van der Waals surface area (Å²) >= 11 is 0. The van der Waals surface area contributed by atoms with Gasteiger partial charge in [-0.1, -0.05) is 20.8 Å². The first-order chi connectivity index (χ1) is 8.36. The summed E-state index contributed by atoms with van der Waals surface area (Å²) in [5, 5.41) is 14.0. The maximum atomic E-state index is 11.9. The van der Waals surface area contributed by atoms with Crippen molar-refractivity contribution in [2.75, 3.05) is 13.2 Å². The minimum Gasteiger partial charge on any atom is -0.396 e. The molecule has 0 spiro atoms. The molecule has 0 radical (unpaired) electrons. The first-order valence-electron chi connectivity index (χ1n) is 6.31. The van der Waals surface area contributed by atoms with Crippen LogP contribution in [0.3, 0.4) is 0 Å². The summed E-state index contributed by atoms with van der Waals surface area (Å²) in [6.07, 6.45) is 1.18. The lowest BCUT2D eigenvalue weighted by atomic mass is 10.0. The van der Waals surface area contributed by atoms with Gasteiger partial charge in [0.2, 0.25) is 5.91 Å². The van der Waals surface area contributed by atoms with E-state index in [2.05, 4.69) is 10.6 Å². The van der Waals surface area contributed by atoms with Crippen molar-refractivity contribution in [3.8, 4) is 0 Å². The quantitative estimate of drug-likeness (QED) is 0.500. The van der Waals surface area contributed by atoms with Crippen LogP contribution in [0.1, 0.15) is 33.6 Å². The number of nitrogens with two attached hydrogens (primary N) is 1. The van der Waals surface area contributed by atoms with E-state index >= 15 is 0 Å². The number of aliphatic hydroxyl groups is 1. The molecular formula is C12H25N3O3. The Labute approximate surface area is 108 Å². The van der Waals surface area contributed by atoms with Crippen molar-refractivity contribution in [2.45, 2.75) is 39.7 Å². The van der Waals surface area contributed by atoms with E-state index in [9.17, 15) is 9.59 Å². The first-order valence-corrected chi connectivity index (χ1v) is 6.31. The maximum absolute atomic E-state index is 11.9. The Hall–Kier alpha value is -1.30. The standard InChI is InChI=1S/C12H25N3O3/c1-8(2)6-10(15-12(13)18)11(17)14-7-9(3)4-5-16/h8-10,16H,4-7H2,1-3H3,(H,14,17)(H3,13,15,18). The number of nitrogens with one attached hydrogen (secondary N) is 2. The van der Waals surface area contributed by atoms with E-state index < -0.39 is 12.1 Å². The molecule has 0 aromatic heterocycles. The monoisotopic (exact) mass is 259 g/mol. The van der Waals surface area contributed by atoms with Gasteiger partial charge in [-0.25, -0.2) is 4.79 Å². The lowest BCUT2D eigenvalue weighted by Crippen LogP contribution is -2.49. The zero-order valence-corrected chi connectivity index (χ0v) is 11.4. The molecule has 0 aliphatic carbocycles. The van der Waals surface area contributed by atoms with Gasteiger partial charge in [-0.15, -0.1) is 0 Å². The number of urea groups is 1. The molecule has 0 aromatic carbocycles. The molecule has 0 aliphatic heterocycles. The number of amides is 3. The Bertz CT molecular complexity index is 269. The van der Waals surface area contributed by atoms with Crippen LogP contribution < -0.4 is 16.4 Å². The zero-order valence-electron chi connectivity index (χ0n) is 11.4. The van der Waals surface area contributed by atoms with Crippen LogP contribution in [0.15, 0.2) is 0 Å². The molecule has 0 saturated heterocycles. The number of primary amides is 1. The minimum atomic E-state index is -0.695. The highest BCUT2D eigenvalue weighted by Crippen LogP contribution is 2.05. The van der Waals surface area contributed by atoms with Crippen LogP contribution in [-0.2, 0) is 4.79 Å². The Morgan fingerprint density at radius 1 is 1.28 bits per heavy atom. The normalized spacial score (nSPS) is 14.1. The predicted octanol–water partition coefficient (Wildman–Crippen LogP) is 0.204. The molecule has 0 aliphatic rings. The van der Waals surface area contributed by atoms with E-state index in [-0.39, 0.29) is 24.3 Å². The Morgan fingerprint density at radius 2 is 1.89 bits per heavy atom. The number of aliphatic hydroxyl groups excluding tert-OH is 1. The summed E-state index contributed by atoms with van der Waals surface area (Å²) in [6, 6.07) is -1.29. The summed E-state index contributed by atoms with van der Waals surface area (Å²) in [5.74, 6) is 0.252. The molecule has 0 saturated carbocycles. The van der Waals surface area contributed by atoms with Crippen LogP contribution in [0.2, 0.25) is 0 Å². The Balaban J connectivity index is 4.24. The molecule has 2 atom stereocenters. The third-order valence-corrected chi connectivity index (χ3v) is 2.59. The van der Waals surface area contributed by atoms with Gasteiger partial charge in [0.1, 0.15) is 6.04 Å². The van der Waals surface area contributed by atoms with E-state index in [1.54, 1.807) is 0 Å². The number of carbonyl (C=O) groups excluding carboxylic acids is 2. The van der Waals surface area contributed by atoms with Gasteiger partial charge >= 0.3 is 6.03 Å². The first kappa shape index (κ1) is 16.7. The summed E-state index contributed by atoms with van der Waals surface area (Å²) in [5.41, 5.74) is 5.05. The van der Waals surface area contributed by atoms with Crippen molar-refractivity contribution in [1.29, 1.82) is 0 Å². The van der Waals surface area contributed by atoms with Crippen LogP contribution in [0.4, 0.5) is 4.79 Å². The van der Waals surface area contributed by atoms with E-state index in [1.165, 1.54) is 0 Å². The van der Waals surface area contributed by atoms with Crippen LogP contribution in [0, 0.1) is 11.8 Å². The molecule has 0 heterocycles. The molecule has 18 heavy (non-hydrogen) atoms. The fourth-order valence-electron chi connectivity index (χ4n) is 1.60. The number of rotatable bonds is 8. The molecule has 6 heteroatoms. The van der Waals surface area contributed by atoms with Gasteiger partial charge in [-0.3, -0.25) is 4.79 Å². The third kappa shape index (κ3) is 7.89. The van der Waals surface area contributed by atoms with Crippen molar-refractivity contribution in [1.82, 2.24) is 10.6 Å². The Kier molecular flexibility index (Phi) is 8.11. The fourth-order valence-corrected chi connectivity index (χ4v) is 1.60. The fraction of sp³-hybridized carbons (Fsp3) is 0.833. The van der Waals surface area contributed by atoms with Gasteiger partial charge in [0.25, 0.3) is 0 Å². The van der Waals surface area contributed by atoms with Gasteiger partial charge in [-0.2, -0.15) is 0 Å². The summed E-state index contributed by atoms with van der Waals surface area (Å²) in [7, 11) is 0. The minimum absolute atomic E-state index is 0.103. The Morgan fingerprint density at radius 3 is 2.33 bits per heavy atom. The van der Waals surface area contributed by atoms with E-state index in [4.69, 9.17) is 10.8 Å². The van der Waals surface area contributed by atoms with Gasteiger partial charge in [-0.05, 0) is 24.7 Å². The summed E-state index contributed by atoms with van der Waals surface area (Å²) < 4.78 is 0.